The van der Waals surface area contributed by atoms with E-state index in [1.807, 2.05) is 0 Å². The van der Waals surface area contributed by atoms with Gasteiger partial charge in [0.05, 0.1) is 31.5 Å². The van der Waals surface area contributed by atoms with Crippen molar-refractivity contribution < 1.29 is 32.2 Å². The number of carbonyl (C=O) groups excluding carboxylic acids is 1. The van der Waals surface area contributed by atoms with Crippen molar-refractivity contribution in [2.75, 3.05) is 19.8 Å². The van der Waals surface area contributed by atoms with Gasteiger partial charge < -0.3 is 14.2 Å². The molecule has 0 spiro atoms. The number of halogens is 3. The number of esters is 1. The quantitative estimate of drug-likeness (QED) is 0.429. The van der Waals surface area contributed by atoms with Gasteiger partial charge in [-0.3, -0.25) is 0 Å². The molecule has 1 aliphatic heterocycles. The molecule has 2 rings (SSSR count). The van der Waals surface area contributed by atoms with Crippen LogP contribution in [0.2, 0.25) is 0 Å². The van der Waals surface area contributed by atoms with E-state index < -0.39 is 23.8 Å². The summed E-state index contributed by atoms with van der Waals surface area (Å²) >= 11 is 0. The van der Waals surface area contributed by atoms with Crippen LogP contribution in [0, 0.1) is 0 Å². The molecule has 24 heavy (non-hydrogen) atoms. The van der Waals surface area contributed by atoms with E-state index in [4.69, 9.17) is 14.2 Å². The Morgan fingerprint density at radius 2 is 2.17 bits per heavy atom. The predicted molar refractivity (Wildman–Crippen MR) is 81.2 cm³/mol. The third kappa shape index (κ3) is 5.35. The number of rotatable bonds is 7. The summed E-state index contributed by atoms with van der Waals surface area (Å²) in [6, 6.07) is 3.37. The molecule has 1 heterocycles. The SMILES string of the molecule is CCOC(=O)C=Cc1cc(C(F)(F)F)ccc1[C@@H](C)OC[C@H]1CO1. The summed E-state index contributed by atoms with van der Waals surface area (Å²) in [5, 5.41) is 0. The van der Waals surface area contributed by atoms with E-state index in [1.165, 1.54) is 12.1 Å². The van der Waals surface area contributed by atoms with Gasteiger partial charge in [-0.25, -0.2) is 4.79 Å². The van der Waals surface area contributed by atoms with Gasteiger partial charge in [0.2, 0.25) is 0 Å². The van der Waals surface area contributed by atoms with Gasteiger partial charge in [-0.15, -0.1) is 0 Å². The second-order valence-corrected chi connectivity index (χ2v) is 5.36. The molecule has 4 nitrogen and oxygen atoms in total. The van der Waals surface area contributed by atoms with Crippen molar-refractivity contribution in [3.8, 4) is 0 Å². The van der Waals surface area contributed by atoms with Gasteiger partial charge in [-0.05, 0) is 43.2 Å². The van der Waals surface area contributed by atoms with Crippen LogP contribution in [-0.4, -0.2) is 31.9 Å². The first kappa shape index (κ1) is 18.5. The maximum Gasteiger partial charge on any atom is 0.416 e. The fraction of sp³-hybridized carbons (Fsp3) is 0.471. The highest BCUT2D eigenvalue weighted by molar-refractivity contribution is 5.87. The summed E-state index contributed by atoms with van der Waals surface area (Å²) in [6.07, 6.45) is -2.41. The second-order valence-electron chi connectivity index (χ2n) is 5.36. The van der Waals surface area contributed by atoms with E-state index in [0.717, 1.165) is 18.2 Å². The van der Waals surface area contributed by atoms with Crippen molar-refractivity contribution in [1.29, 1.82) is 0 Å². The number of ether oxygens (including phenoxy) is 3. The third-order valence-corrected chi connectivity index (χ3v) is 3.47. The molecule has 0 radical (unpaired) electrons. The molecule has 0 N–H and O–H groups in total. The van der Waals surface area contributed by atoms with Crippen LogP contribution in [0.15, 0.2) is 24.3 Å². The Labute approximate surface area is 138 Å². The lowest BCUT2D eigenvalue weighted by atomic mass is 9.99. The molecule has 0 saturated carbocycles. The lowest BCUT2D eigenvalue weighted by molar-refractivity contribution is -0.138. The largest absolute Gasteiger partial charge is 0.463 e. The van der Waals surface area contributed by atoms with Gasteiger partial charge in [0.25, 0.3) is 0 Å². The number of hydrogen-bond donors (Lipinski definition) is 0. The molecule has 0 bridgehead atoms. The Morgan fingerprint density at radius 1 is 1.46 bits per heavy atom. The topological polar surface area (TPSA) is 48.1 Å². The van der Waals surface area contributed by atoms with Crippen LogP contribution in [0.5, 0.6) is 0 Å². The normalized spacial score (nSPS) is 18.6. The van der Waals surface area contributed by atoms with E-state index >= 15 is 0 Å². The van der Waals surface area contributed by atoms with Crippen LogP contribution in [0.4, 0.5) is 13.2 Å². The van der Waals surface area contributed by atoms with Gasteiger partial charge in [0.1, 0.15) is 6.10 Å². The second kappa shape index (κ2) is 7.81. The molecule has 0 unspecified atom stereocenters. The highest BCUT2D eigenvalue weighted by Crippen LogP contribution is 2.33. The predicted octanol–water partition coefficient (Wildman–Crippen LogP) is 3.76. The van der Waals surface area contributed by atoms with Crippen molar-refractivity contribution in [2.24, 2.45) is 0 Å². The minimum atomic E-state index is -4.46. The van der Waals surface area contributed by atoms with Crippen molar-refractivity contribution in [3.63, 3.8) is 0 Å². The van der Waals surface area contributed by atoms with E-state index in [9.17, 15) is 18.0 Å². The first-order valence-corrected chi connectivity index (χ1v) is 7.60. The third-order valence-electron chi connectivity index (χ3n) is 3.47. The number of hydrogen-bond acceptors (Lipinski definition) is 4. The summed E-state index contributed by atoms with van der Waals surface area (Å²) in [4.78, 5) is 11.4. The van der Waals surface area contributed by atoms with E-state index in [-0.39, 0.29) is 18.3 Å². The van der Waals surface area contributed by atoms with Gasteiger partial charge >= 0.3 is 12.1 Å². The minimum absolute atomic E-state index is 0.0559. The number of alkyl halides is 3. The summed E-state index contributed by atoms with van der Waals surface area (Å²) in [5.74, 6) is -0.610. The van der Waals surface area contributed by atoms with Crippen molar-refractivity contribution >= 4 is 12.0 Å². The zero-order valence-corrected chi connectivity index (χ0v) is 13.4. The number of benzene rings is 1. The van der Waals surface area contributed by atoms with Crippen molar-refractivity contribution in [3.05, 3.63) is 41.0 Å². The minimum Gasteiger partial charge on any atom is -0.463 e. The Balaban J connectivity index is 2.24. The number of carbonyl (C=O) groups is 1. The first-order chi connectivity index (χ1) is 11.3. The average Bonchev–Trinajstić information content (AvgIpc) is 3.34. The van der Waals surface area contributed by atoms with Crippen LogP contribution >= 0.6 is 0 Å². The summed E-state index contributed by atoms with van der Waals surface area (Å²) in [7, 11) is 0. The molecule has 132 valence electrons. The fourth-order valence-electron chi connectivity index (χ4n) is 2.12. The summed E-state index contributed by atoms with van der Waals surface area (Å²) in [6.45, 7) is 4.60. The van der Waals surface area contributed by atoms with Crippen LogP contribution < -0.4 is 0 Å². The molecule has 0 amide bonds. The average molecular weight is 344 g/mol. The standard InChI is InChI=1S/C17H19F3O4/c1-3-22-16(21)7-4-12-8-13(17(18,19)20)5-6-15(12)11(2)23-9-14-10-24-14/h4-8,11,14H,3,9-10H2,1-2H3/t11-,14+/m1/s1. The Hall–Kier alpha value is -1.86. The number of epoxide rings is 1. The lowest BCUT2D eigenvalue weighted by Gasteiger charge is -2.17. The maximum atomic E-state index is 12.9. The van der Waals surface area contributed by atoms with E-state index in [0.29, 0.717) is 18.8 Å². The Kier molecular flexibility index (Phi) is 6.01. The molecule has 1 saturated heterocycles. The van der Waals surface area contributed by atoms with E-state index in [2.05, 4.69) is 0 Å². The summed E-state index contributed by atoms with van der Waals surface area (Å²) in [5.41, 5.74) is 0.0405. The molecular weight excluding hydrogens is 325 g/mol. The first-order valence-electron chi connectivity index (χ1n) is 7.60. The van der Waals surface area contributed by atoms with Gasteiger partial charge in [-0.2, -0.15) is 13.2 Å². The molecule has 1 aliphatic rings. The molecule has 1 aromatic carbocycles. The van der Waals surface area contributed by atoms with Gasteiger partial charge in [0, 0.05) is 6.08 Å². The zero-order valence-electron chi connectivity index (χ0n) is 13.4. The van der Waals surface area contributed by atoms with E-state index in [1.54, 1.807) is 13.8 Å². The van der Waals surface area contributed by atoms with Crippen LogP contribution in [0.3, 0.4) is 0 Å². The molecule has 1 aromatic rings. The van der Waals surface area contributed by atoms with Crippen molar-refractivity contribution in [2.45, 2.75) is 32.2 Å². The maximum absolute atomic E-state index is 12.9. The van der Waals surface area contributed by atoms with Crippen LogP contribution in [0.1, 0.15) is 36.6 Å². The monoisotopic (exact) mass is 344 g/mol. The molecule has 1 fully saturated rings. The Morgan fingerprint density at radius 3 is 2.75 bits per heavy atom. The Bertz CT molecular complexity index is 606. The fourth-order valence-corrected chi connectivity index (χ4v) is 2.12. The summed E-state index contributed by atoms with van der Waals surface area (Å²) < 4.78 is 54.2. The molecule has 7 heteroatoms. The molecule has 0 aromatic heterocycles. The van der Waals surface area contributed by atoms with Gasteiger partial charge in [0.15, 0.2) is 0 Å². The highest BCUT2D eigenvalue weighted by Gasteiger charge is 2.31. The van der Waals surface area contributed by atoms with Crippen molar-refractivity contribution in [1.82, 2.24) is 0 Å². The van der Waals surface area contributed by atoms with Crippen LogP contribution in [-0.2, 0) is 25.2 Å². The molecular formula is C17H19F3O4. The zero-order chi connectivity index (χ0) is 17.7. The van der Waals surface area contributed by atoms with Gasteiger partial charge in [-0.1, -0.05) is 6.07 Å². The highest BCUT2D eigenvalue weighted by atomic mass is 19.4. The smallest absolute Gasteiger partial charge is 0.416 e. The lowest BCUT2D eigenvalue weighted by Crippen LogP contribution is -2.10. The molecule has 2 atom stereocenters. The van der Waals surface area contributed by atoms with Crippen LogP contribution in [0.25, 0.3) is 6.08 Å². The molecule has 0 aliphatic carbocycles.